The quantitative estimate of drug-likeness (QED) is 0.859. The predicted octanol–water partition coefficient (Wildman–Crippen LogP) is 2.23. The third kappa shape index (κ3) is 4.20. The summed E-state index contributed by atoms with van der Waals surface area (Å²) in [6, 6.07) is 9.89. The van der Waals surface area contributed by atoms with Gasteiger partial charge in [-0.05, 0) is 37.0 Å². The van der Waals surface area contributed by atoms with E-state index < -0.39 is 5.60 Å². The van der Waals surface area contributed by atoms with Crippen molar-refractivity contribution < 1.29 is 9.90 Å². The van der Waals surface area contributed by atoms with E-state index in [4.69, 9.17) is 0 Å². The van der Waals surface area contributed by atoms with Crippen LogP contribution in [0.2, 0.25) is 0 Å². The molecule has 1 aromatic carbocycles. The van der Waals surface area contributed by atoms with E-state index in [2.05, 4.69) is 10.4 Å². The third-order valence-electron chi connectivity index (χ3n) is 4.45. The van der Waals surface area contributed by atoms with E-state index in [1.807, 2.05) is 41.2 Å². The molecule has 122 valence electrons. The van der Waals surface area contributed by atoms with E-state index in [1.165, 1.54) is 0 Å². The summed E-state index contributed by atoms with van der Waals surface area (Å²) >= 11 is 0. The monoisotopic (exact) mass is 313 g/mol. The summed E-state index contributed by atoms with van der Waals surface area (Å²) < 4.78 is 1.81. The van der Waals surface area contributed by atoms with Crippen LogP contribution in [0.3, 0.4) is 0 Å². The molecule has 2 aromatic rings. The zero-order valence-corrected chi connectivity index (χ0v) is 13.2. The maximum absolute atomic E-state index is 11.9. The summed E-state index contributed by atoms with van der Waals surface area (Å²) in [6.07, 6.45) is 8.48. The SMILES string of the molecule is O=C(CCc1cnn(-c2ccccc2)c1)NCC1(O)CCCC1. The lowest BCUT2D eigenvalue weighted by atomic mass is 10.0. The van der Waals surface area contributed by atoms with Crippen molar-refractivity contribution in [3.8, 4) is 5.69 Å². The van der Waals surface area contributed by atoms with Gasteiger partial charge in [-0.2, -0.15) is 5.10 Å². The fraction of sp³-hybridized carbons (Fsp3) is 0.444. The molecule has 0 aliphatic heterocycles. The van der Waals surface area contributed by atoms with Gasteiger partial charge in [0.15, 0.2) is 0 Å². The zero-order chi connectivity index (χ0) is 16.1. The number of aryl methyl sites for hydroxylation is 1. The summed E-state index contributed by atoms with van der Waals surface area (Å²) in [6.45, 7) is 0.370. The number of aliphatic hydroxyl groups is 1. The van der Waals surface area contributed by atoms with Crippen LogP contribution in [0.5, 0.6) is 0 Å². The summed E-state index contributed by atoms with van der Waals surface area (Å²) in [5.41, 5.74) is 1.35. The molecule has 1 amide bonds. The highest BCUT2D eigenvalue weighted by Gasteiger charge is 2.31. The molecule has 1 aliphatic rings. The maximum Gasteiger partial charge on any atom is 0.220 e. The Balaban J connectivity index is 1.47. The fourth-order valence-corrected chi connectivity index (χ4v) is 3.03. The number of para-hydroxylation sites is 1. The Bertz CT molecular complexity index is 645. The zero-order valence-electron chi connectivity index (χ0n) is 13.2. The Kier molecular flexibility index (Phi) is 4.76. The molecule has 1 heterocycles. The van der Waals surface area contributed by atoms with Crippen molar-refractivity contribution in [1.82, 2.24) is 15.1 Å². The van der Waals surface area contributed by atoms with Gasteiger partial charge in [0.1, 0.15) is 0 Å². The number of benzene rings is 1. The second-order valence-corrected chi connectivity index (χ2v) is 6.34. The highest BCUT2D eigenvalue weighted by Crippen LogP contribution is 2.28. The van der Waals surface area contributed by atoms with Gasteiger partial charge in [-0.3, -0.25) is 4.79 Å². The molecule has 0 unspecified atom stereocenters. The first-order valence-corrected chi connectivity index (χ1v) is 8.23. The highest BCUT2D eigenvalue weighted by molar-refractivity contribution is 5.76. The number of rotatable bonds is 6. The van der Waals surface area contributed by atoms with Gasteiger partial charge in [-0.15, -0.1) is 0 Å². The van der Waals surface area contributed by atoms with Crippen LogP contribution >= 0.6 is 0 Å². The number of carbonyl (C=O) groups is 1. The van der Waals surface area contributed by atoms with E-state index in [0.717, 1.165) is 36.9 Å². The Morgan fingerprint density at radius 1 is 1.26 bits per heavy atom. The standard InChI is InChI=1S/C18H23N3O2/c22-17(19-14-18(23)10-4-5-11-18)9-8-15-12-20-21(13-15)16-6-2-1-3-7-16/h1-3,6-7,12-13,23H,4-5,8-11,14H2,(H,19,22). The van der Waals surface area contributed by atoms with Crippen molar-refractivity contribution in [2.75, 3.05) is 6.54 Å². The molecule has 1 saturated carbocycles. The summed E-state index contributed by atoms with van der Waals surface area (Å²) in [4.78, 5) is 11.9. The number of aromatic nitrogens is 2. The van der Waals surface area contributed by atoms with Crippen molar-refractivity contribution >= 4 is 5.91 Å². The van der Waals surface area contributed by atoms with Crippen LogP contribution in [0.25, 0.3) is 5.69 Å². The van der Waals surface area contributed by atoms with Gasteiger partial charge in [-0.25, -0.2) is 4.68 Å². The van der Waals surface area contributed by atoms with Crippen LogP contribution in [0.1, 0.15) is 37.7 Å². The van der Waals surface area contributed by atoms with Gasteiger partial charge in [-0.1, -0.05) is 31.0 Å². The Hall–Kier alpha value is -2.14. The Morgan fingerprint density at radius 2 is 2.00 bits per heavy atom. The summed E-state index contributed by atoms with van der Waals surface area (Å²) in [5, 5.41) is 17.4. The molecule has 1 fully saturated rings. The van der Waals surface area contributed by atoms with Gasteiger partial charge >= 0.3 is 0 Å². The minimum atomic E-state index is -0.687. The molecule has 5 nitrogen and oxygen atoms in total. The molecule has 1 aromatic heterocycles. The molecule has 0 radical (unpaired) electrons. The van der Waals surface area contributed by atoms with Gasteiger partial charge < -0.3 is 10.4 Å². The third-order valence-corrected chi connectivity index (χ3v) is 4.45. The van der Waals surface area contributed by atoms with Crippen LogP contribution < -0.4 is 5.32 Å². The minimum absolute atomic E-state index is 0.0159. The second-order valence-electron chi connectivity index (χ2n) is 6.34. The van der Waals surface area contributed by atoms with E-state index >= 15 is 0 Å². The van der Waals surface area contributed by atoms with Gasteiger partial charge in [0.05, 0.1) is 17.5 Å². The van der Waals surface area contributed by atoms with Crippen molar-refractivity contribution in [3.63, 3.8) is 0 Å². The summed E-state index contributed by atoms with van der Waals surface area (Å²) in [7, 11) is 0. The number of nitrogens with one attached hydrogen (secondary N) is 1. The van der Waals surface area contributed by atoms with E-state index in [1.54, 1.807) is 6.20 Å². The molecule has 0 saturated heterocycles. The average Bonchev–Trinajstić information content (AvgIpc) is 3.22. The highest BCUT2D eigenvalue weighted by atomic mass is 16.3. The lowest BCUT2D eigenvalue weighted by molar-refractivity contribution is -0.122. The van der Waals surface area contributed by atoms with Crippen LogP contribution in [0.15, 0.2) is 42.7 Å². The van der Waals surface area contributed by atoms with Crippen molar-refractivity contribution in [1.29, 1.82) is 0 Å². The number of hydrogen-bond acceptors (Lipinski definition) is 3. The largest absolute Gasteiger partial charge is 0.388 e. The Morgan fingerprint density at radius 3 is 2.74 bits per heavy atom. The van der Waals surface area contributed by atoms with Crippen molar-refractivity contribution in [2.24, 2.45) is 0 Å². The molecular weight excluding hydrogens is 290 g/mol. The molecule has 5 heteroatoms. The summed E-state index contributed by atoms with van der Waals surface area (Å²) in [5.74, 6) is -0.0159. The van der Waals surface area contributed by atoms with Crippen LogP contribution in [-0.4, -0.2) is 32.9 Å². The van der Waals surface area contributed by atoms with E-state index in [-0.39, 0.29) is 5.91 Å². The molecule has 1 aliphatic carbocycles. The smallest absolute Gasteiger partial charge is 0.220 e. The van der Waals surface area contributed by atoms with Gasteiger partial charge in [0.25, 0.3) is 0 Å². The predicted molar refractivity (Wildman–Crippen MR) is 88.3 cm³/mol. The van der Waals surface area contributed by atoms with Crippen molar-refractivity contribution in [2.45, 2.75) is 44.1 Å². The first-order chi connectivity index (χ1) is 11.1. The Labute approximate surface area is 136 Å². The lowest BCUT2D eigenvalue weighted by Gasteiger charge is -2.22. The van der Waals surface area contributed by atoms with E-state index in [0.29, 0.717) is 19.4 Å². The number of carbonyl (C=O) groups excluding carboxylic acids is 1. The first-order valence-electron chi connectivity index (χ1n) is 8.23. The average molecular weight is 313 g/mol. The molecular formula is C18H23N3O2. The van der Waals surface area contributed by atoms with Crippen LogP contribution in [0.4, 0.5) is 0 Å². The van der Waals surface area contributed by atoms with Crippen LogP contribution in [0, 0.1) is 0 Å². The number of hydrogen-bond donors (Lipinski definition) is 2. The van der Waals surface area contributed by atoms with Crippen molar-refractivity contribution in [3.05, 3.63) is 48.3 Å². The topological polar surface area (TPSA) is 67.2 Å². The minimum Gasteiger partial charge on any atom is -0.388 e. The fourth-order valence-electron chi connectivity index (χ4n) is 3.03. The molecule has 0 spiro atoms. The molecule has 2 N–H and O–H groups in total. The number of amides is 1. The molecule has 23 heavy (non-hydrogen) atoms. The van der Waals surface area contributed by atoms with E-state index in [9.17, 15) is 9.90 Å². The van der Waals surface area contributed by atoms with Gasteiger partial charge in [0, 0.05) is 19.2 Å². The van der Waals surface area contributed by atoms with Crippen LogP contribution in [-0.2, 0) is 11.2 Å². The second kappa shape index (κ2) is 6.96. The lowest BCUT2D eigenvalue weighted by Crippen LogP contribution is -2.40. The first kappa shape index (κ1) is 15.7. The van der Waals surface area contributed by atoms with Gasteiger partial charge in [0.2, 0.25) is 5.91 Å². The molecule has 0 atom stereocenters. The molecule has 0 bridgehead atoms. The maximum atomic E-state index is 11.9. The number of nitrogens with zero attached hydrogens (tertiary/aromatic N) is 2. The molecule has 3 rings (SSSR count). The normalized spacial score (nSPS) is 16.4.